The Kier molecular flexibility index (Phi) is 4.36. The molecule has 4 nitrogen and oxygen atoms in total. The van der Waals surface area contributed by atoms with E-state index in [0.29, 0.717) is 0 Å². The lowest BCUT2D eigenvalue weighted by atomic mass is 10.1. The van der Waals surface area contributed by atoms with Crippen molar-refractivity contribution in [1.29, 1.82) is 0 Å². The van der Waals surface area contributed by atoms with E-state index in [1.54, 1.807) is 25.9 Å². The molecule has 0 aliphatic rings. The fraction of sp³-hybridized carbons (Fsp3) is 0.625. The fourth-order valence-electron chi connectivity index (χ4n) is 0.825. The molecule has 1 atom stereocenters. The van der Waals surface area contributed by atoms with Gasteiger partial charge in [-0.25, -0.2) is 4.79 Å². The minimum absolute atomic E-state index is 0.174. The number of hydrogen-bond donors (Lipinski definition) is 2. The molecule has 1 unspecified atom stereocenters. The molecule has 0 aromatic heterocycles. The molecule has 0 aliphatic carbocycles. The van der Waals surface area contributed by atoms with Gasteiger partial charge in [-0.2, -0.15) is 0 Å². The summed E-state index contributed by atoms with van der Waals surface area (Å²) >= 11 is 0. The predicted molar refractivity (Wildman–Crippen MR) is 45.7 cm³/mol. The van der Waals surface area contributed by atoms with Gasteiger partial charge in [-0.05, 0) is 6.92 Å². The maximum atomic E-state index is 10.6. The van der Waals surface area contributed by atoms with Crippen LogP contribution in [0.1, 0.15) is 13.3 Å². The lowest BCUT2D eigenvalue weighted by molar-refractivity contribution is -0.133. The molecule has 0 heterocycles. The van der Waals surface area contributed by atoms with E-state index in [1.165, 1.54) is 6.20 Å². The normalized spacial score (nSPS) is 14.2. The van der Waals surface area contributed by atoms with Gasteiger partial charge in [0.2, 0.25) is 0 Å². The second-order valence-electron chi connectivity index (χ2n) is 2.98. The van der Waals surface area contributed by atoms with Crippen molar-refractivity contribution in [2.75, 3.05) is 14.1 Å². The first-order valence-electron chi connectivity index (χ1n) is 3.72. The molecule has 0 saturated carbocycles. The van der Waals surface area contributed by atoms with Gasteiger partial charge in [-0.1, -0.05) is 0 Å². The van der Waals surface area contributed by atoms with Crippen LogP contribution in [0, 0.1) is 0 Å². The SMILES string of the molecule is CC(O)CC(=CN(C)C)C(=O)O. The highest BCUT2D eigenvalue weighted by atomic mass is 16.4. The average molecular weight is 173 g/mol. The smallest absolute Gasteiger partial charge is 0.333 e. The van der Waals surface area contributed by atoms with Gasteiger partial charge in [0.25, 0.3) is 0 Å². The molecule has 0 saturated heterocycles. The van der Waals surface area contributed by atoms with Crippen LogP contribution < -0.4 is 0 Å². The number of carbonyl (C=O) groups is 1. The molecule has 0 spiro atoms. The van der Waals surface area contributed by atoms with Crippen molar-refractivity contribution in [2.24, 2.45) is 0 Å². The van der Waals surface area contributed by atoms with Gasteiger partial charge in [0, 0.05) is 26.7 Å². The van der Waals surface area contributed by atoms with E-state index in [-0.39, 0.29) is 12.0 Å². The largest absolute Gasteiger partial charge is 0.478 e. The van der Waals surface area contributed by atoms with Crippen LogP contribution in [0.5, 0.6) is 0 Å². The molecule has 0 aliphatic heterocycles. The average Bonchev–Trinajstić information content (AvgIpc) is 1.83. The number of aliphatic hydroxyl groups excluding tert-OH is 1. The molecule has 0 amide bonds. The Morgan fingerprint density at radius 3 is 2.33 bits per heavy atom. The van der Waals surface area contributed by atoms with Crippen molar-refractivity contribution in [3.8, 4) is 0 Å². The summed E-state index contributed by atoms with van der Waals surface area (Å²) in [5.41, 5.74) is 0.218. The van der Waals surface area contributed by atoms with Crippen LogP contribution in [0.25, 0.3) is 0 Å². The van der Waals surface area contributed by atoms with Gasteiger partial charge in [0.1, 0.15) is 0 Å². The summed E-state index contributed by atoms with van der Waals surface area (Å²) in [6, 6.07) is 0. The minimum Gasteiger partial charge on any atom is -0.478 e. The Hall–Kier alpha value is -1.03. The predicted octanol–water partition coefficient (Wildman–Crippen LogP) is 0.287. The van der Waals surface area contributed by atoms with E-state index in [0.717, 1.165) is 0 Å². The third-order valence-corrected chi connectivity index (χ3v) is 1.20. The summed E-state index contributed by atoms with van der Waals surface area (Å²) < 4.78 is 0. The number of carboxylic acids is 1. The number of nitrogens with zero attached hydrogens (tertiary/aromatic N) is 1. The molecule has 70 valence electrons. The zero-order chi connectivity index (χ0) is 9.72. The standard InChI is InChI=1S/C8H15NO3/c1-6(10)4-7(8(11)12)5-9(2)3/h5-6,10H,4H2,1-3H3,(H,11,12). The van der Waals surface area contributed by atoms with Crippen LogP contribution in [0.4, 0.5) is 0 Å². The number of aliphatic carboxylic acids is 1. The molecule has 4 heteroatoms. The molecular weight excluding hydrogens is 158 g/mol. The molecule has 12 heavy (non-hydrogen) atoms. The van der Waals surface area contributed by atoms with E-state index in [1.807, 2.05) is 0 Å². The van der Waals surface area contributed by atoms with Crippen LogP contribution in [0.2, 0.25) is 0 Å². The zero-order valence-corrected chi connectivity index (χ0v) is 7.61. The topological polar surface area (TPSA) is 60.8 Å². The van der Waals surface area contributed by atoms with Crippen LogP contribution in [0.3, 0.4) is 0 Å². The quantitative estimate of drug-likeness (QED) is 0.600. The first-order chi connectivity index (χ1) is 5.43. The molecular formula is C8H15NO3. The van der Waals surface area contributed by atoms with Crippen molar-refractivity contribution < 1.29 is 15.0 Å². The van der Waals surface area contributed by atoms with Gasteiger partial charge >= 0.3 is 5.97 Å². The molecule has 2 N–H and O–H groups in total. The monoisotopic (exact) mass is 173 g/mol. The van der Waals surface area contributed by atoms with Gasteiger partial charge in [0.05, 0.1) is 11.7 Å². The number of aliphatic hydroxyl groups is 1. The summed E-state index contributed by atoms with van der Waals surface area (Å²) in [7, 11) is 3.48. The van der Waals surface area contributed by atoms with E-state index in [2.05, 4.69) is 0 Å². The van der Waals surface area contributed by atoms with Crippen molar-refractivity contribution in [1.82, 2.24) is 4.90 Å². The summed E-state index contributed by atoms with van der Waals surface area (Å²) in [6.07, 6.45) is 1.05. The highest BCUT2D eigenvalue weighted by Crippen LogP contribution is 2.05. The zero-order valence-electron chi connectivity index (χ0n) is 7.61. The Morgan fingerprint density at radius 2 is 2.08 bits per heavy atom. The van der Waals surface area contributed by atoms with E-state index in [4.69, 9.17) is 10.2 Å². The molecule has 0 fully saturated rings. The minimum atomic E-state index is -0.982. The van der Waals surface area contributed by atoms with Crippen LogP contribution in [0.15, 0.2) is 11.8 Å². The van der Waals surface area contributed by atoms with E-state index >= 15 is 0 Å². The first kappa shape index (κ1) is 11.0. The summed E-state index contributed by atoms with van der Waals surface area (Å²) in [5.74, 6) is -0.982. The van der Waals surface area contributed by atoms with Gasteiger partial charge < -0.3 is 15.1 Å². The van der Waals surface area contributed by atoms with E-state index in [9.17, 15) is 4.79 Å². The molecule has 0 rings (SSSR count). The van der Waals surface area contributed by atoms with Gasteiger partial charge in [-0.15, -0.1) is 0 Å². The van der Waals surface area contributed by atoms with Crippen LogP contribution in [-0.2, 0) is 4.79 Å². The van der Waals surface area contributed by atoms with Crippen molar-refractivity contribution >= 4 is 5.97 Å². The first-order valence-corrected chi connectivity index (χ1v) is 3.72. The highest BCUT2D eigenvalue weighted by molar-refractivity contribution is 5.86. The Morgan fingerprint density at radius 1 is 1.58 bits per heavy atom. The number of rotatable bonds is 4. The Labute approximate surface area is 72.1 Å². The third-order valence-electron chi connectivity index (χ3n) is 1.20. The molecule has 0 aromatic carbocycles. The fourth-order valence-corrected chi connectivity index (χ4v) is 0.825. The maximum absolute atomic E-state index is 10.6. The molecule has 0 radical (unpaired) electrons. The van der Waals surface area contributed by atoms with Crippen molar-refractivity contribution in [3.05, 3.63) is 11.8 Å². The van der Waals surface area contributed by atoms with Crippen LogP contribution >= 0.6 is 0 Å². The van der Waals surface area contributed by atoms with E-state index < -0.39 is 12.1 Å². The maximum Gasteiger partial charge on any atom is 0.333 e. The number of hydrogen-bond acceptors (Lipinski definition) is 3. The molecule has 0 aromatic rings. The Balaban J connectivity index is 4.34. The summed E-state index contributed by atoms with van der Waals surface area (Å²) in [6.45, 7) is 1.56. The summed E-state index contributed by atoms with van der Waals surface area (Å²) in [5, 5.41) is 17.6. The highest BCUT2D eigenvalue weighted by Gasteiger charge is 2.10. The lowest BCUT2D eigenvalue weighted by Gasteiger charge is -2.09. The summed E-state index contributed by atoms with van der Waals surface area (Å²) in [4.78, 5) is 12.2. The second-order valence-corrected chi connectivity index (χ2v) is 2.98. The Bertz CT molecular complexity index is 185. The van der Waals surface area contributed by atoms with Gasteiger partial charge in [0.15, 0.2) is 0 Å². The number of carboxylic acid groups (broad SMARTS) is 1. The van der Waals surface area contributed by atoms with Gasteiger partial charge in [-0.3, -0.25) is 0 Å². The van der Waals surface area contributed by atoms with Crippen molar-refractivity contribution in [3.63, 3.8) is 0 Å². The lowest BCUT2D eigenvalue weighted by Crippen LogP contribution is -2.13. The second kappa shape index (κ2) is 4.77. The van der Waals surface area contributed by atoms with Crippen LogP contribution in [-0.4, -0.2) is 41.3 Å². The molecule has 0 bridgehead atoms. The van der Waals surface area contributed by atoms with Crippen molar-refractivity contribution in [2.45, 2.75) is 19.4 Å². The third kappa shape index (κ3) is 4.73.